The first-order chi connectivity index (χ1) is 10.6. The van der Waals surface area contributed by atoms with Gasteiger partial charge in [0, 0.05) is 6.42 Å². The smallest absolute Gasteiger partial charge is 0.209 e. The van der Waals surface area contributed by atoms with Gasteiger partial charge in [-0.25, -0.2) is 14.7 Å². The minimum atomic E-state index is -0.832. The maximum Gasteiger partial charge on any atom is 0.209 e. The Labute approximate surface area is 147 Å². The molecule has 0 saturated heterocycles. The predicted molar refractivity (Wildman–Crippen MR) is 95.7 cm³/mol. The van der Waals surface area contributed by atoms with E-state index in [2.05, 4.69) is 29.0 Å². The van der Waals surface area contributed by atoms with Crippen LogP contribution in [0.25, 0.3) is 0 Å². The molecule has 1 N–H and O–H groups in total. The molecule has 0 aromatic heterocycles. The first-order valence-electron chi connectivity index (χ1n) is 8.73. The molecule has 0 amide bonds. The summed E-state index contributed by atoms with van der Waals surface area (Å²) in [6, 6.07) is 0. The highest BCUT2D eigenvalue weighted by atomic mass is 17.2. The molecular weight excluding hydrogens is 308 g/mol. The van der Waals surface area contributed by atoms with Crippen molar-refractivity contribution in [3.8, 4) is 0 Å². The number of hydrogen-bond donors (Lipinski definition) is 1. The molecule has 6 nitrogen and oxygen atoms in total. The van der Waals surface area contributed by atoms with Gasteiger partial charge in [-0.05, 0) is 74.1 Å². The summed E-state index contributed by atoms with van der Waals surface area (Å²) in [6.45, 7) is 19.6. The Bertz CT molecular complexity index is 400. The van der Waals surface area contributed by atoms with E-state index in [1.54, 1.807) is 0 Å². The Morgan fingerprint density at radius 1 is 0.792 bits per heavy atom. The van der Waals surface area contributed by atoms with Crippen molar-refractivity contribution >= 4 is 0 Å². The highest BCUT2D eigenvalue weighted by Gasteiger charge is 2.33. The minimum Gasteiger partial charge on any atom is -0.251 e. The monoisotopic (exact) mass is 346 g/mol. The molecule has 0 spiro atoms. The average molecular weight is 347 g/mol. The van der Waals surface area contributed by atoms with Gasteiger partial charge in [-0.15, -0.1) is 0 Å². The van der Waals surface area contributed by atoms with E-state index in [9.17, 15) is 0 Å². The molecule has 0 saturated carbocycles. The zero-order chi connectivity index (χ0) is 19.2. The Morgan fingerprint density at radius 3 is 1.71 bits per heavy atom. The zero-order valence-corrected chi connectivity index (χ0v) is 17.3. The minimum absolute atomic E-state index is 0.264. The molecule has 1 unspecified atom stereocenters. The number of hydrogen-bond acceptors (Lipinski definition) is 6. The maximum atomic E-state index is 8.90. The summed E-state index contributed by atoms with van der Waals surface area (Å²) in [5.41, 5.74) is -2.25. The molecule has 0 aromatic rings. The summed E-state index contributed by atoms with van der Waals surface area (Å²) in [6.07, 6.45) is 1.99. The first kappa shape index (κ1) is 23.4. The second-order valence-corrected chi connectivity index (χ2v) is 9.42. The largest absolute Gasteiger partial charge is 0.251 e. The number of nitrogens with zero attached hydrogens (tertiary/aromatic N) is 2. The zero-order valence-electron chi connectivity index (χ0n) is 17.3. The van der Waals surface area contributed by atoms with Gasteiger partial charge in [0.1, 0.15) is 0 Å². The van der Waals surface area contributed by atoms with E-state index in [0.29, 0.717) is 25.2 Å². The molecule has 0 fully saturated rings. The van der Waals surface area contributed by atoms with E-state index in [4.69, 9.17) is 15.0 Å². The van der Waals surface area contributed by atoms with Gasteiger partial charge in [-0.2, -0.15) is 10.2 Å². The lowest BCUT2D eigenvalue weighted by molar-refractivity contribution is -0.409. The standard InChI is InChI=1S/C18H38N2O4/c1-14(2)13-18(10,20-19-15(3,4)5)24-23-17(8,9)12-11-16(6,7)22-21/h14,21H,11-13H2,1-10H3. The van der Waals surface area contributed by atoms with E-state index in [-0.39, 0.29) is 5.54 Å². The fraction of sp³-hybridized carbons (Fsp3) is 1.00. The van der Waals surface area contributed by atoms with Crippen molar-refractivity contribution < 1.29 is 19.9 Å². The molecule has 0 aliphatic rings. The van der Waals surface area contributed by atoms with Crippen molar-refractivity contribution in [2.24, 2.45) is 16.1 Å². The van der Waals surface area contributed by atoms with E-state index in [0.717, 1.165) is 0 Å². The summed E-state index contributed by atoms with van der Waals surface area (Å²) in [7, 11) is 0. The normalized spacial score (nSPS) is 16.8. The predicted octanol–water partition coefficient (Wildman–Crippen LogP) is 5.77. The van der Waals surface area contributed by atoms with Crippen LogP contribution in [-0.4, -0.2) is 27.7 Å². The Morgan fingerprint density at radius 2 is 1.29 bits per heavy atom. The third-order valence-electron chi connectivity index (χ3n) is 3.37. The lowest BCUT2D eigenvalue weighted by Gasteiger charge is -2.33. The van der Waals surface area contributed by atoms with Crippen LogP contribution < -0.4 is 0 Å². The summed E-state index contributed by atoms with van der Waals surface area (Å²) >= 11 is 0. The van der Waals surface area contributed by atoms with Crippen molar-refractivity contribution in [1.29, 1.82) is 0 Å². The van der Waals surface area contributed by atoms with Gasteiger partial charge in [0.15, 0.2) is 0 Å². The van der Waals surface area contributed by atoms with Crippen LogP contribution >= 0.6 is 0 Å². The number of rotatable bonds is 10. The SMILES string of the molecule is CC(C)CC(C)(N=NC(C)(C)C)OOC(C)(C)CCC(C)(C)OO. The molecule has 0 rings (SSSR count). The highest BCUT2D eigenvalue weighted by molar-refractivity contribution is 4.77. The van der Waals surface area contributed by atoms with Gasteiger partial charge < -0.3 is 0 Å². The molecule has 24 heavy (non-hydrogen) atoms. The molecule has 0 aliphatic carbocycles. The molecular formula is C18H38N2O4. The summed E-state index contributed by atoms with van der Waals surface area (Å²) in [5.74, 6) is 0.391. The van der Waals surface area contributed by atoms with Crippen LogP contribution in [0.5, 0.6) is 0 Å². The van der Waals surface area contributed by atoms with E-state index in [1.165, 1.54) is 0 Å². The number of azo groups is 1. The van der Waals surface area contributed by atoms with Crippen molar-refractivity contribution in [1.82, 2.24) is 0 Å². The summed E-state index contributed by atoms with van der Waals surface area (Å²) < 4.78 is 0. The van der Waals surface area contributed by atoms with Crippen LogP contribution in [-0.2, 0) is 14.7 Å². The molecule has 1 atom stereocenters. The first-order valence-corrected chi connectivity index (χ1v) is 8.73. The third kappa shape index (κ3) is 11.1. The lowest BCUT2D eigenvalue weighted by atomic mass is 9.94. The van der Waals surface area contributed by atoms with Crippen LogP contribution in [0.3, 0.4) is 0 Å². The summed E-state index contributed by atoms with van der Waals surface area (Å²) in [5, 5.41) is 17.7. The van der Waals surface area contributed by atoms with Crippen LogP contribution in [0.2, 0.25) is 0 Å². The Kier molecular flexibility index (Phi) is 8.49. The van der Waals surface area contributed by atoms with Gasteiger partial charge in [-0.3, -0.25) is 5.26 Å². The van der Waals surface area contributed by atoms with Crippen molar-refractivity contribution in [2.75, 3.05) is 0 Å². The van der Waals surface area contributed by atoms with Crippen molar-refractivity contribution in [2.45, 2.75) is 111 Å². The van der Waals surface area contributed by atoms with Crippen LogP contribution in [0, 0.1) is 5.92 Å². The fourth-order valence-electron chi connectivity index (χ4n) is 2.00. The Hall–Kier alpha value is -0.560. The van der Waals surface area contributed by atoms with E-state index >= 15 is 0 Å². The topological polar surface area (TPSA) is 72.6 Å². The van der Waals surface area contributed by atoms with Gasteiger partial charge in [-0.1, -0.05) is 13.8 Å². The van der Waals surface area contributed by atoms with Crippen LogP contribution in [0.15, 0.2) is 10.2 Å². The lowest BCUT2D eigenvalue weighted by Crippen LogP contribution is -2.36. The molecule has 0 heterocycles. The maximum absolute atomic E-state index is 8.90. The van der Waals surface area contributed by atoms with Crippen molar-refractivity contribution in [3.05, 3.63) is 0 Å². The molecule has 6 heteroatoms. The third-order valence-corrected chi connectivity index (χ3v) is 3.37. The van der Waals surface area contributed by atoms with E-state index in [1.807, 2.05) is 55.4 Å². The molecule has 0 radical (unpaired) electrons. The fourth-order valence-corrected chi connectivity index (χ4v) is 2.00. The van der Waals surface area contributed by atoms with Gasteiger partial charge in [0.25, 0.3) is 0 Å². The quantitative estimate of drug-likeness (QED) is 0.309. The van der Waals surface area contributed by atoms with Gasteiger partial charge >= 0.3 is 0 Å². The summed E-state index contributed by atoms with van der Waals surface area (Å²) in [4.78, 5) is 15.9. The highest BCUT2D eigenvalue weighted by Crippen LogP contribution is 2.30. The van der Waals surface area contributed by atoms with Crippen LogP contribution in [0.4, 0.5) is 0 Å². The van der Waals surface area contributed by atoms with Gasteiger partial charge in [0.2, 0.25) is 5.72 Å². The second-order valence-electron chi connectivity index (χ2n) is 9.42. The van der Waals surface area contributed by atoms with E-state index < -0.39 is 16.9 Å². The average Bonchev–Trinajstić information content (AvgIpc) is 2.40. The van der Waals surface area contributed by atoms with Crippen LogP contribution in [0.1, 0.15) is 88.5 Å². The molecule has 0 aromatic carbocycles. The Balaban J connectivity index is 4.89. The molecule has 0 aliphatic heterocycles. The second kappa shape index (κ2) is 8.70. The van der Waals surface area contributed by atoms with Gasteiger partial charge in [0.05, 0.1) is 16.7 Å². The molecule has 0 bridgehead atoms. The van der Waals surface area contributed by atoms with Crippen molar-refractivity contribution in [3.63, 3.8) is 0 Å². The molecule has 144 valence electrons.